The third-order valence-electron chi connectivity index (χ3n) is 5.94. The first kappa shape index (κ1) is 19.9. The van der Waals surface area contributed by atoms with Crippen LogP contribution in [0, 0.1) is 0 Å². The van der Waals surface area contributed by atoms with E-state index >= 15 is 0 Å². The number of pyridine rings is 1. The van der Waals surface area contributed by atoms with Crippen LogP contribution in [0.3, 0.4) is 0 Å². The molecular formula is C22H27N3O3S. The monoisotopic (exact) mass is 413 g/mol. The fourth-order valence-corrected chi connectivity index (χ4v) is 4.93. The number of carbonyl (C=O) groups is 2. The molecule has 1 aliphatic heterocycles. The number of amides is 2. The highest BCUT2D eigenvalue weighted by atomic mass is 32.1. The molecular weight excluding hydrogens is 386 g/mol. The van der Waals surface area contributed by atoms with E-state index in [9.17, 15) is 14.4 Å². The van der Waals surface area contributed by atoms with Crippen LogP contribution in [0.2, 0.25) is 0 Å². The lowest BCUT2D eigenvalue weighted by Crippen LogP contribution is -2.40. The predicted molar refractivity (Wildman–Crippen MR) is 113 cm³/mol. The van der Waals surface area contributed by atoms with Crippen LogP contribution in [-0.2, 0) is 6.54 Å². The molecule has 0 spiro atoms. The average Bonchev–Trinajstić information content (AvgIpc) is 3.46. The van der Waals surface area contributed by atoms with Gasteiger partial charge in [-0.3, -0.25) is 14.4 Å². The van der Waals surface area contributed by atoms with Crippen molar-refractivity contribution >= 4 is 23.2 Å². The molecule has 1 saturated heterocycles. The summed E-state index contributed by atoms with van der Waals surface area (Å²) in [5.41, 5.74) is 0.731. The van der Waals surface area contributed by atoms with Crippen molar-refractivity contribution in [3.05, 3.63) is 56.1 Å². The van der Waals surface area contributed by atoms with Crippen LogP contribution in [0.1, 0.15) is 77.3 Å². The van der Waals surface area contributed by atoms with Gasteiger partial charge in [0.25, 0.3) is 11.8 Å². The Hall–Kier alpha value is -2.41. The van der Waals surface area contributed by atoms with Crippen molar-refractivity contribution in [2.45, 2.75) is 57.5 Å². The van der Waals surface area contributed by atoms with Gasteiger partial charge in [-0.15, -0.1) is 0 Å². The van der Waals surface area contributed by atoms with Crippen molar-refractivity contribution in [2.75, 3.05) is 13.1 Å². The number of nitrogens with zero attached hydrogens (tertiary/aromatic N) is 2. The minimum atomic E-state index is -0.461. The fourth-order valence-electron chi connectivity index (χ4n) is 4.26. The lowest BCUT2D eigenvalue weighted by atomic mass is 10.1. The maximum atomic E-state index is 13.1. The van der Waals surface area contributed by atoms with E-state index in [0.717, 1.165) is 50.5 Å². The molecule has 2 fully saturated rings. The average molecular weight is 414 g/mol. The smallest absolute Gasteiger partial charge is 0.259 e. The van der Waals surface area contributed by atoms with Crippen molar-refractivity contribution < 1.29 is 9.59 Å². The first-order valence-electron chi connectivity index (χ1n) is 10.5. The Balaban J connectivity index is 1.65. The second kappa shape index (κ2) is 8.95. The van der Waals surface area contributed by atoms with Crippen LogP contribution in [0.25, 0.3) is 0 Å². The Morgan fingerprint density at radius 1 is 1.03 bits per heavy atom. The Bertz CT molecular complexity index is 923. The number of nitrogens with one attached hydrogen (secondary N) is 1. The molecule has 1 N–H and O–H groups in total. The van der Waals surface area contributed by atoms with Gasteiger partial charge in [0.15, 0.2) is 0 Å². The molecule has 3 heterocycles. The largest absolute Gasteiger partial charge is 0.349 e. The standard InChI is InChI=1S/C22H27N3O3S/c26-20-18(21(27)23-12-16-8-11-29-15-16)13-25(17-6-2-3-7-17)14-19(20)22(28)24-9-4-1-5-10-24/h8,11,13-15,17H,1-7,9-10,12H2,(H,23,27). The summed E-state index contributed by atoms with van der Waals surface area (Å²) >= 11 is 1.56. The second-order valence-corrected chi connectivity index (χ2v) is 8.75. The van der Waals surface area contributed by atoms with Gasteiger partial charge in [0.2, 0.25) is 5.43 Å². The zero-order chi connectivity index (χ0) is 20.2. The number of thiophene rings is 1. The van der Waals surface area contributed by atoms with Gasteiger partial charge in [-0.25, -0.2) is 0 Å². The van der Waals surface area contributed by atoms with E-state index in [1.54, 1.807) is 28.6 Å². The molecule has 1 aliphatic carbocycles. The van der Waals surface area contributed by atoms with Gasteiger partial charge in [0, 0.05) is 38.1 Å². The number of carbonyl (C=O) groups excluding carboxylic acids is 2. The number of piperidine rings is 1. The van der Waals surface area contributed by atoms with E-state index in [0.29, 0.717) is 19.6 Å². The maximum absolute atomic E-state index is 13.1. The van der Waals surface area contributed by atoms with E-state index in [4.69, 9.17) is 0 Å². The molecule has 0 bridgehead atoms. The van der Waals surface area contributed by atoms with Gasteiger partial charge in [-0.05, 0) is 54.5 Å². The normalized spacial score (nSPS) is 17.4. The van der Waals surface area contributed by atoms with Crippen LogP contribution < -0.4 is 10.7 Å². The molecule has 0 radical (unpaired) electrons. The molecule has 2 aliphatic rings. The van der Waals surface area contributed by atoms with Gasteiger partial charge in [-0.2, -0.15) is 11.3 Å². The third kappa shape index (κ3) is 4.45. The van der Waals surface area contributed by atoms with Crippen molar-refractivity contribution in [3.63, 3.8) is 0 Å². The first-order chi connectivity index (χ1) is 14.1. The van der Waals surface area contributed by atoms with Gasteiger partial charge >= 0.3 is 0 Å². The SMILES string of the molecule is O=C(NCc1ccsc1)c1cn(C2CCCC2)cc(C(=O)N2CCCCC2)c1=O. The zero-order valence-electron chi connectivity index (χ0n) is 16.6. The van der Waals surface area contributed by atoms with Crippen LogP contribution in [-0.4, -0.2) is 34.4 Å². The summed E-state index contributed by atoms with van der Waals surface area (Å²) in [6.07, 6.45) is 10.6. The lowest BCUT2D eigenvalue weighted by Gasteiger charge is -2.27. The van der Waals surface area contributed by atoms with Gasteiger partial charge in [0.1, 0.15) is 11.1 Å². The number of aromatic nitrogens is 1. The van der Waals surface area contributed by atoms with Crippen LogP contribution in [0.15, 0.2) is 34.0 Å². The van der Waals surface area contributed by atoms with Crippen molar-refractivity contribution in [1.29, 1.82) is 0 Å². The fraction of sp³-hybridized carbons (Fsp3) is 0.500. The van der Waals surface area contributed by atoms with Crippen molar-refractivity contribution in [1.82, 2.24) is 14.8 Å². The van der Waals surface area contributed by atoms with Crippen LogP contribution in [0.5, 0.6) is 0 Å². The molecule has 154 valence electrons. The van der Waals surface area contributed by atoms with Crippen molar-refractivity contribution in [3.8, 4) is 0 Å². The topological polar surface area (TPSA) is 71.4 Å². The summed E-state index contributed by atoms with van der Waals surface area (Å²) in [7, 11) is 0. The minimum Gasteiger partial charge on any atom is -0.349 e. The van der Waals surface area contributed by atoms with Gasteiger partial charge < -0.3 is 14.8 Å². The minimum absolute atomic E-state index is 0.0648. The van der Waals surface area contributed by atoms with E-state index in [2.05, 4.69) is 5.32 Å². The molecule has 0 atom stereocenters. The summed E-state index contributed by atoms with van der Waals surface area (Å²) in [5.74, 6) is -0.657. The molecule has 2 aromatic heterocycles. The Morgan fingerprint density at radius 3 is 2.45 bits per heavy atom. The molecule has 6 nitrogen and oxygen atoms in total. The summed E-state index contributed by atoms with van der Waals surface area (Å²) in [6, 6.07) is 2.19. The van der Waals surface area contributed by atoms with E-state index in [1.807, 2.05) is 21.4 Å². The van der Waals surface area contributed by atoms with E-state index < -0.39 is 11.3 Å². The number of rotatable bonds is 5. The molecule has 1 saturated carbocycles. The highest BCUT2D eigenvalue weighted by Gasteiger charge is 2.26. The predicted octanol–water partition coefficient (Wildman–Crippen LogP) is 3.58. The Morgan fingerprint density at radius 2 is 1.76 bits per heavy atom. The summed E-state index contributed by atoms with van der Waals surface area (Å²) < 4.78 is 1.94. The van der Waals surface area contributed by atoms with Gasteiger partial charge in [0.05, 0.1) is 0 Å². The molecule has 2 aromatic rings. The number of hydrogen-bond donors (Lipinski definition) is 1. The van der Waals surface area contributed by atoms with Crippen LogP contribution in [0.4, 0.5) is 0 Å². The molecule has 0 aromatic carbocycles. The quantitative estimate of drug-likeness (QED) is 0.814. The summed E-state index contributed by atoms with van der Waals surface area (Å²) in [4.78, 5) is 40.8. The molecule has 2 amide bonds. The highest BCUT2D eigenvalue weighted by Crippen LogP contribution is 2.29. The highest BCUT2D eigenvalue weighted by molar-refractivity contribution is 7.07. The first-order valence-corrected chi connectivity index (χ1v) is 11.4. The number of hydrogen-bond acceptors (Lipinski definition) is 4. The van der Waals surface area contributed by atoms with E-state index in [1.165, 1.54) is 0 Å². The third-order valence-corrected chi connectivity index (χ3v) is 6.68. The van der Waals surface area contributed by atoms with Crippen LogP contribution >= 0.6 is 11.3 Å². The van der Waals surface area contributed by atoms with Gasteiger partial charge in [-0.1, -0.05) is 12.8 Å². The zero-order valence-corrected chi connectivity index (χ0v) is 17.4. The van der Waals surface area contributed by atoms with Crippen molar-refractivity contribution in [2.24, 2.45) is 0 Å². The second-order valence-electron chi connectivity index (χ2n) is 7.97. The molecule has 4 rings (SSSR count). The Labute approximate surface area is 174 Å². The number of likely N-dealkylation sites (tertiary alicyclic amines) is 1. The summed E-state index contributed by atoms with van der Waals surface area (Å²) in [6.45, 7) is 1.72. The molecule has 7 heteroatoms. The summed E-state index contributed by atoms with van der Waals surface area (Å²) in [5, 5.41) is 6.75. The lowest BCUT2D eigenvalue weighted by molar-refractivity contribution is 0.0722. The maximum Gasteiger partial charge on any atom is 0.259 e. The van der Waals surface area contributed by atoms with E-state index in [-0.39, 0.29) is 23.1 Å². The molecule has 0 unspecified atom stereocenters. The molecule has 29 heavy (non-hydrogen) atoms. The Kier molecular flexibility index (Phi) is 6.13.